The van der Waals surface area contributed by atoms with E-state index < -0.39 is 60.9 Å². The van der Waals surface area contributed by atoms with Crippen LogP contribution in [0.1, 0.15) is 13.7 Å². The molecule has 0 spiro atoms. The van der Waals surface area contributed by atoms with Gasteiger partial charge in [-0.3, -0.25) is 19.9 Å². The van der Waals surface area contributed by atoms with Gasteiger partial charge in [-0.05, 0) is 24.2 Å². The van der Waals surface area contributed by atoms with Crippen LogP contribution in [-0.4, -0.2) is 19.9 Å². The third-order valence-corrected chi connectivity index (χ3v) is 1.99. The predicted molar refractivity (Wildman–Crippen MR) is 68.5 cm³/mol. The smallest absolute Gasteiger partial charge is 0.116 e. The Balaban J connectivity index is 2.43. The quantitative estimate of drug-likeness (QED) is 0.695. The van der Waals surface area contributed by atoms with Crippen molar-refractivity contribution < 1.29 is 13.7 Å². The summed E-state index contributed by atoms with van der Waals surface area (Å²) in [5.74, 6) is 0. The first-order valence-electron chi connectivity index (χ1n) is 9.79. The fourth-order valence-corrected chi connectivity index (χ4v) is 1.28. The van der Waals surface area contributed by atoms with Crippen LogP contribution >= 0.6 is 0 Å². The predicted octanol–water partition coefficient (Wildman–Crippen LogP) is 2.60. The molecule has 3 heterocycles. The summed E-state index contributed by atoms with van der Waals surface area (Å²) in [4.78, 5) is 15.2. The molecule has 0 aliphatic carbocycles. The molecule has 0 bridgehead atoms. The standard InChI is InChI=1S/C14H10N4/c1-3-7-15-11(5-1)13-14(18-10-9-17-13)12-6-2-4-8-16-12/h1-10H/i1D,2D,3D,4D,5D,6D,7D,8D,9D,10D. The molecular weight excluding hydrogens is 224 g/mol. The highest BCUT2D eigenvalue weighted by Crippen LogP contribution is 2.24. The summed E-state index contributed by atoms with van der Waals surface area (Å²) >= 11 is 0. The van der Waals surface area contributed by atoms with E-state index in [4.69, 9.17) is 13.7 Å². The maximum Gasteiger partial charge on any atom is 0.116 e. The molecule has 0 aliphatic heterocycles. The largest absolute Gasteiger partial charge is 0.255 e. The Bertz CT molecular complexity index is 1050. The lowest BCUT2D eigenvalue weighted by Gasteiger charge is -2.05. The summed E-state index contributed by atoms with van der Waals surface area (Å²) in [7, 11) is 0. The van der Waals surface area contributed by atoms with Crippen LogP contribution in [0.25, 0.3) is 22.8 Å². The first-order valence-corrected chi connectivity index (χ1v) is 4.79. The molecule has 3 aromatic rings. The van der Waals surface area contributed by atoms with Crippen LogP contribution in [0.2, 0.25) is 0 Å². The Kier molecular flexibility index (Phi) is 1.11. The summed E-state index contributed by atoms with van der Waals surface area (Å²) in [6.07, 6.45) is -2.44. The minimum atomic E-state index is -0.617. The molecule has 86 valence electrons. The molecule has 0 aliphatic rings. The highest BCUT2D eigenvalue weighted by atomic mass is 14.9. The van der Waals surface area contributed by atoms with E-state index in [1.807, 2.05) is 0 Å². The van der Waals surface area contributed by atoms with Gasteiger partial charge in [0.1, 0.15) is 11.4 Å². The SMILES string of the molecule is [2H]c1nc(-c2nc([2H])c([2H])c([2H])c2[2H])c(-c2nc([2H])c([2H])c([2H])c2[2H])nc1[2H]. The van der Waals surface area contributed by atoms with Gasteiger partial charge < -0.3 is 0 Å². The lowest BCUT2D eigenvalue weighted by molar-refractivity contribution is 1.16. The summed E-state index contributed by atoms with van der Waals surface area (Å²) < 4.78 is 77.6. The summed E-state index contributed by atoms with van der Waals surface area (Å²) in [6, 6.07) is -3.51. The van der Waals surface area contributed by atoms with Crippen molar-refractivity contribution in [3.63, 3.8) is 0 Å². The monoisotopic (exact) mass is 244 g/mol. The van der Waals surface area contributed by atoms with E-state index in [2.05, 4.69) is 19.9 Å². The van der Waals surface area contributed by atoms with E-state index in [9.17, 15) is 0 Å². The summed E-state index contributed by atoms with van der Waals surface area (Å²) in [5.41, 5.74) is -1.44. The molecule has 0 amide bonds. The minimum absolute atomic E-state index is 0.342. The Morgan fingerprint density at radius 3 is 1.61 bits per heavy atom. The molecule has 0 aromatic carbocycles. The normalized spacial score (nSPS) is 18.0. The molecule has 4 nitrogen and oxygen atoms in total. The Morgan fingerprint density at radius 2 is 1.11 bits per heavy atom. The summed E-state index contributed by atoms with van der Waals surface area (Å²) in [6.45, 7) is 0. The van der Waals surface area contributed by atoms with Crippen molar-refractivity contribution in [3.05, 3.63) is 60.9 Å². The number of hydrogen-bond donors (Lipinski definition) is 0. The van der Waals surface area contributed by atoms with Crippen LogP contribution in [0.4, 0.5) is 0 Å². The van der Waals surface area contributed by atoms with Crippen molar-refractivity contribution in [1.29, 1.82) is 0 Å². The van der Waals surface area contributed by atoms with Gasteiger partial charge in [0, 0.05) is 24.7 Å². The Hall–Kier alpha value is -2.62. The number of aromatic nitrogens is 4. The average Bonchev–Trinajstić information content (AvgIpc) is 2.66. The lowest BCUT2D eigenvalue weighted by Crippen LogP contribution is -1.95. The first-order chi connectivity index (χ1) is 13.0. The van der Waals surface area contributed by atoms with Gasteiger partial charge in [0.15, 0.2) is 0 Å². The van der Waals surface area contributed by atoms with Gasteiger partial charge in [0.2, 0.25) is 0 Å². The van der Waals surface area contributed by atoms with Gasteiger partial charge in [0.25, 0.3) is 0 Å². The minimum Gasteiger partial charge on any atom is -0.255 e. The fraction of sp³-hybridized carbons (Fsp3) is 0. The molecule has 0 unspecified atom stereocenters. The van der Waals surface area contributed by atoms with Crippen molar-refractivity contribution in [1.82, 2.24) is 19.9 Å². The fourth-order valence-electron chi connectivity index (χ4n) is 1.28. The lowest BCUT2D eigenvalue weighted by atomic mass is 10.1. The van der Waals surface area contributed by atoms with Gasteiger partial charge in [-0.15, -0.1) is 0 Å². The molecule has 0 radical (unpaired) electrons. The van der Waals surface area contributed by atoms with Crippen LogP contribution in [0.5, 0.6) is 0 Å². The van der Waals surface area contributed by atoms with E-state index in [0.717, 1.165) is 0 Å². The zero-order valence-electron chi connectivity index (χ0n) is 18.8. The van der Waals surface area contributed by atoms with E-state index in [1.165, 1.54) is 0 Å². The van der Waals surface area contributed by atoms with Crippen molar-refractivity contribution in [2.75, 3.05) is 0 Å². The number of rotatable bonds is 2. The van der Waals surface area contributed by atoms with Crippen LogP contribution in [0.15, 0.2) is 60.9 Å². The van der Waals surface area contributed by atoms with Crippen molar-refractivity contribution in [2.45, 2.75) is 0 Å². The number of hydrogen-bond acceptors (Lipinski definition) is 4. The van der Waals surface area contributed by atoms with E-state index in [-0.39, 0.29) is 22.8 Å². The van der Waals surface area contributed by atoms with Crippen molar-refractivity contribution in [3.8, 4) is 22.8 Å². The highest BCUT2D eigenvalue weighted by molar-refractivity contribution is 5.73. The second kappa shape index (κ2) is 4.71. The zero-order valence-corrected chi connectivity index (χ0v) is 8.79. The van der Waals surface area contributed by atoms with E-state index >= 15 is 0 Å². The molecule has 0 fully saturated rings. The van der Waals surface area contributed by atoms with Crippen LogP contribution in [0, 0.1) is 0 Å². The third kappa shape index (κ3) is 1.96. The summed E-state index contributed by atoms with van der Waals surface area (Å²) in [5, 5.41) is 0. The van der Waals surface area contributed by atoms with Gasteiger partial charge >= 0.3 is 0 Å². The van der Waals surface area contributed by atoms with Crippen LogP contribution in [0.3, 0.4) is 0 Å². The molecule has 0 atom stereocenters. The Labute approximate surface area is 118 Å². The van der Waals surface area contributed by atoms with Crippen LogP contribution < -0.4 is 0 Å². The average molecular weight is 244 g/mol. The molecular formula is C14H10N4. The second-order valence-electron chi connectivity index (χ2n) is 3.04. The molecule has 0 saturated carbocycles. The van der Waals surface area contributed by atoms with Crippen molar-refractivity contribution >= 4 is 0 Å². The highest BCUT2D eigenvalue weighted by Gasteiger charge is 2.11. The molecule has 0 N–H and O–H groups in total. The van der Waals surface area contributed by atoms with E-state index in [1.54, 1.807) is 0 Å². The zero-order chi connectivity index (χ0) is 20.9. The van der Waals surface area contributed by atoms with Gasteiger partial charge in [-0.1, -0.05) is 12.1 Å². The molecule has 3 aromatic heterocycles. The second-order valence-corrected chi connectivity index (χ2v) is 3.04. The molecule has 4 heteroatoms. The molecule has 3 rings (SSSR count). The van der Waals surface area contributed by atoms with Gasteiger partial charge in [-0.2, -0.15) is 0 Å². The first kappa shape index (κ1) is 4.24. The maximum absolute atomic E-state index is 8.03. The number of pyridine rings is 2. The van der Waals surface area contributed by atoms with E-state index in [0.29, 0.717) is 0 Å². The Morgan fingerprint density at radius 1 is 0.611 bits per heavy atom. The molecule has 18 heavy (non-hydrogen) atoms. The molecule has 0 saturated heterocycles. The number of nitrogens with zero attached hydrogens (tertiary/aromatic N) is 4. The van der Waals surface area contributed by atoms with Gasteiger partial charge in [-0.25, -0.2) is 0 Å². The van der Waals surface area contributed by atoms with Crippen molar-refractivity contribution in [2.24, 2.45) is 0 Å². The topological polar surface area (TPSA) is 51.6 Å². The van der Waals surface area contributed by atoms with Gasteiger partial charge in [0.05, 0.1) is 25.1 Å². The maximum atomic E-state index is 8.03. The van der Waals surface area contributed by atoms with Crippen LogP contribution in [-0.2, 0) is 0 Å². The third-order valence-electron chi connectivity index (χ3n) is 1.99.